The zero-order valence-corrected chi connectivity index (χ0v) is 11.9. The van der Waals surface area contributed by atoms with Gasteiger partial charge < -0.3 is 5.11 Å². The molecule has 2 aromatic rings. The summed E-state index contributed by atoms with van der Waals surface area (Å²) in [5, 5.41) is 9.94. The third kappa shape index (κ3) is 2.50. The SMILES string of the molecule is O=C1CN(c2cc(-c3ccccc3)ccc2O)S(=O)(=O)C1. The minimum absolute atomic E-state index is 0.141. The Morgan fingerprint density at radius 2 is 1.71 bits per heavy atom. The van der Waals surface area contributed by atoms with Crippen molar-refractivity contribution in [1.29, 1.82) is 0 Å². The number of carbonyl (C=O) groups excluding carboxylic acids is 1. The molecule has 0 aromatic heterocycles. The summed E-state index contributed by atoms with van der Waals surface area (Å²) < 4.78 is 24.9. The second-order valence-electron chi connectivity index (χ2n) is 4.87. The van der Waals surface area contributed by atoms with Crippen molar-refractivity contribution in [2.75, 3.05) is 16.6 Å². The van der Waals surface area contributed by atoms with Crippen molar-refractivity contribution in [3.05, 3.63) is 48.5 Å². The maximum absolute atomic E-state index is 12.0. The van der Waals surface area contributed by atoms with Crippen LogP contribution >= 0.6 is 0 Å². The number of rotatable bonds is 2. The molecule has 3 rings (SSSR count). The molecule has 1 aliphatic rings. The van der Waals surface area contributed by atoms with E-state index in [0.29, 0.717) is 0 Å². The maximum atomic E-state index is 12.0. The highest BCUT2D eigenvalue weighted by Gasteiger charge is 2.36. The Morgan fingerprint density at radius 3 is 2.33 bits per heavy atom. The number of phenolic OH excluding ortho intramolecular Hbond substituents is 1. The van der Waals surface area contributed by atoms with E-state index in [1.807, 2.05) is 30.3 Å². The molecule has 0 spiro atoms. The Labute approximate surface area is 122 Å². The first-order valence-corrected chi connectivity index (χ1v) is 7.99. The van der Waals surface area contributed by atoms with Gasteiger partial charge in [-0.3, -0.25) is 9.10 Å². The highest BCUT2D eigenvalue weighted by molar-refractivity contribution is 7.94. The fourth-order valence-corrected chi connectivity index (χ4v) is 3.79. The summed E-state index contributed by atoms with van der Waals surface area (Å²) in [4.78, 5) is 11.4. The van der Waals surface area contributed by atoms with E-state index in [4.69, 9.17) is 0 Å². The van der Waals surface area contributed by atoms with E-state index in [9.17, 15) is 18.3 Å². The molecule has 0 amide bonds. The van der Waals surface area contributed by atoms with E-state index in [1.54, 1.807) is 12.1 Å². The van der Waals surface area contributed by atoms with Gasteiger partial charge in [-0.15, -0.1) is 0 Å². The summed E-state index contributed by atoms with van der Waals surface area (Å²) in [5.41, 5.74) is 1.82. The van der Waals surface area contributed by atoms with Gasteiger partial charge in [0.2, 0.25) is 10.0 Å². The standard InChI is InChI=1S/C15H13NO4S/c17-13-9-16(21(19,20)10-13)14-8-12(6-7-15(14)18)11-4-2-1-3-5-11/h1-8,18H,9-10H2. The smallest absolute Gasteiger partial charge is 0.242 e. The van der Waals surface area contributed by atoms with Crippen LogP contribution in [0.15, 0.2) is 48.5 Å². The molecule has 108 valence electrons. The van der Waals surface area contributed by atoms with Gasteiger partial charge in [-0.05, 0) is 23.3 Å². The Morgan fingerprint density at radius 1 is 1.00 bits per heavy atom. The van der Waals surface area contributed by atoms with E-state index >= 15 is 0 Å². The summed E-state index contributed by atoms with van der Waals surface area (Å²) in [6.45, 7) is -0.228. The van der Waals surface area contributed by atoms with Crippen molar-refractivity contribution in [3.8, 4) is 16.9 Å². The predicted octanol–water partition coefficient (Wildman–Crippen LogP) is 1.78. The zero-order chi connectivity index (χ0) is 15.0. The van der Waals surface area contributed by atoms with Crippen LogP contribution < -0.4 is 4.31 Å². The zero-order valence-electron chi connectivity index (χ0n) is 11.1. The van der Waals surface area contributed by atoms with Crippen LogP contribution in [0.4, 0.5) is 5.69 Å². The number of anilines is 1. The molecule has 1 aliphatic heterocycles. The summed E-state index contributed by atoms with van der Waals surface area (Å²) >= 11 is 0. The Bertz CT molecular complexity index is 800. The molecule has 21 heavy (non-hydrogen) atoms. The number of phenols is 1. The van der Waals surface area contributed by atoms with Crippen LogP contribution in [0, 0.1) is 0 Å². The van der Waals surface area contributed by atoms with Crippen molar-refractivity contribution in [2.45, 2.75) is 0 Å². The topological polar surface area (TPSA) is 74.7 Å². The molecule has 0 saturated carbocycles. The number of nitrogens with zero attached hydrogens (tertiary/aromatic N) is 1. The molecule has 1 N–H and O–H groups in total. The van der Waals surface area contributed by atoms with Crippen LogP contribution in [0.5, 0.6) is 5.75 Å². The van der Waals surface area contributed by atoms with E-state index in [-0.39, 0.29) is 23.8 Å². The summed E-state index contributed by atoms with van der Waals surface area (Å²) in [6.07, 6.45) is 0. The number of Topliss-reactive ketones (excluding diaryl/α,β-unsaturated/α-hetero) is 1. The fraction of sp³-hybridized carbons (Fsp3) is 0.133. The van der Waals surface area contributed by atoms with Crippen LogP contribution in [0.3, 0.4) is 0 Å². The molecule has 6 heteroatoms. The Balaban J connectivity index is 2.10. The van der Waals surface area contributed by atoms with Crippen LogP contribution in [-0.4, -0.2) is 31.6 Å². The third-order valence-electron chi connectivity index (χ3n) is 3.35. The van der Waals surface area contributed by atoms with Crippen LogP contribution in [0.1, 0.15) is 0 Å². The van der Waals surface area contributed by atoms with Crippen LogP contribution in [-0.2, 0) is 14.8 Å². The number of benzene rings is 2. The number of hydrogen-bond donors (Lipinski definition) is 1. The minimum Gasteiger partial charge on any atom is -0.506 e. The van der Waals surface area contributed by atoms with Gasteiger partial charge in [0, 0.05) is 0 Å². The molecule has 0 bridgehead atoms. The van der Waals surface area contributed by atoms with Crippen molar-refractivity contribution < 1.29 is 18.3 Å². The quantitative estimate of drug-likeness (QED) is 0.917. The van der Waals surface area contributed by atoms with Gasteiger partial charge in [-0.25, -0.2) is 8.42 Å². The van der Waals surface area contributed by atoms with E-state index in [2.05, 4.69) is 0 Å². The van der Waals surface area contributed by atoms with Crippen LogP contribution in [0.25, 0.3) is 11.1 Å². The monoisotopic (exact) mass is 303 g/mol. The Kier molecular flexibility index (Phi) is 3.17. The molecule has 0 atom stereocenters. The van der Waals surface area contributed by atoms with Gasteiger partial charge >= 0.3 is 0 Å². The van der Waals surface area contributed by atoms with E-state index in [1.165, 1.54) is 6.07 Å². The molecule has 5 nitrogen and oxygen atoms in total. The van der Waals surface area contributed by atoms with Crippen molar-refractivity contribution in [2.24, 2.45) is 0 Å². The molecule has 1 saturated heterocycles. The average Bonchev–Trinajstić information content (AvgIpc) is 2.73. The molecule has 1 fully saturated rings. The number of ketones is 1. The van der Waals surface area contributed by atoms with Gasteiger partial charge in [0.15, 0.2) is 5.78 Å². The van der Waals surface area contributed by atoms with Crippen LogP contribution in [0.2, 0.25) is 0 Å². The highest BCUT2D eigenvalue weighted by Crippen LogP contribution is 2.35. The van der Waals surface area contributed by atoms with Gasteiger partial charge in [0.05, 0.1) is 12.2 Å². The van der Waals surface area contributed by atoms with Crippen molar-refractivity contribution in [1.82, 2.24) is 0 Å². The molecule has 0 unspecified atom stereocenters. The second-order valence-corrected chi connectivity index (χ2v) is 6.76. The van der Waals surface area contributed by atoms with Crippen molar-refractivity contribution >= 4 is 21.5 Å². The maximum Gasteiger partial charge on any atom is 0.242 e. The van der Waals surface area contributed by atoms with Gasteiger partial charge in [0.1, 0.15) is 11.5 Å². The highest BCUT2D eigenvalue weighted by atomic mass is 32.2. The predicted molar refractivity (Wildman–Crippen MR) is 79.7 cm³/mol. The minimum atomic E-state index is -3.69. The number of aromatic hydroxyl groups is 1. The lowest BCUT2D eigenvalue weighted by Crippen LogP contribution is -2.25. The van der Waals surface area contributed by atoms with Crippen molar-refractivity contribution in [3.63, 3.8) is 0 Å². The molecule has 2 aromatic carbocycles. The molecular weight excluding hydrogens is 290 g/mol. The molecule has 0 radical (unpaired) electrons. The lowest BCUT2D eigenvalue weighted by Gasteiger charge is -2.18. The largest absolute Gasteiger partial charge is 0.506 e. The third-order valence-corrected chi connectivity index (χ3v) is 5.03. The summed E-state index contributed by atoms with van der Waals surface area (Å²) in [6, 6.07) is 14.1. The summed E-state index contributed by atoms with van der Waals surface area (Å²) in [7, 11) is -3.69. The fourth-order valence-electron chi connectivity index (χ4n) is 2.35. The molecular formula is C15H13NO4S. The lowest BCUT2D eigenvalue weighted by atomic mass is 10.0. The Hall–Kier alpha value is -2.34. The number of hydrogen-bond acceptors (Lipinski definition) is 4. The first-order valence-electron chi connectivity index (χ1n) is 6.38. The normalized spacial score (nSPS) is 17.1. The second kappa shape index (κ2) is 4.89. The van der Waals surface area contributed by atoms with Gasteiger partial charge in [0.25, 0.3) is 0 Å². The molecule has 1 heterocycles. The average molecular weight is 303 g/mol. The van der Waals surface area contributed by atoms with Gasteiger partial charge in [-0.1, -0.05) is 36.4 Å². The number of carbonyl (C=O) groups is 1. The summed E-state index contributed by atoms with van der Waals surface area (Å²) in [5.74, 6) is -1.05. The first-order chi connectivity index (χ1) is 9.97. The van der Waals surface area contributed by atoms with E-state index < -0.39 is 15.8 Å². The molecule has 0 aliphatic carbocycles. The van der Waals surface area contributed by atoms with Gasteiger partial charge in [-0.2, -0.15) is 0 Å². The first kappa shape index (κ1) is 13.6. The number of sulfonamides is 1. The lowest BCUT2D eigenvalue weighted by molar-refractivity contribution is -0.114. The van der Waals surface area contributed by atoms with E-state index in [0.717, 1.165) is 15.4 Å².